The Kier molecular flexibility index (Phi) is 4.02. The minimum atomic E-state index is -1.49. The lowest BCUT2D eigenvalue weighted by atomic mass is 9.80. The summed E-state index contributed by atoms with van der Waals surface area (Å²) in [6, 6.07) is 7.18. The highest BCUT2D eigenvalue weighted by Crippen LogP contribution is 2.09. The molecule has 0 bridgehead atoms. The molecule has 0 radical (unpaired) electrons. The lowest BCUT2D eigenvalue weighted by molar-refractivity contribution is 0.425. The van der Waals surface area contributed by atoms with E-state index in [4.69, 9.17) is 15.3 Å². The van der Waals surface area contributed by atoms with Crippen LogP contribution in [0.25, 0.3) is 0 Å². The first-order valence-electron chi connectivity index (χ1n) is 4.20. The summed E-state index contributed by atoms with van der Waals surface area (Å²) >= 11 is 4.13. The molecular formula is C9H10BNO2S. The molecular weight excluding hydrogens is 197 g/mol. The van der Waals surface area contributed by atoms with Crippen molar-refractivity contribution in [3.05, 3.63) is 23.8 Å². The second kappa shape index (κ2) is 5.06. The topological polar surface area (TPSA) is 64.2 Å². The molecule has 0 unspecified atom stereocenters. The predicted octanol–water partition coefficient (Wildman–Crippen LogP) is 0.111. The van der Waals surface area contributed by atoms with E-state index in [0.29, 0.717) is 23.2 Å². The van der Waals surface area contributed by atoms with E-state index in [2.05, 4.69) is 12.6 Å². The van der Waals surface area contributed by atoms with Crippen molar-refractivity contribution in [3.8, 4) is 6.07 Å². The van der Waals surface area contributed by atoms with Gasteiger partial charge in [-0.1, -0.05) is 12.1 Å². The maximum atomic E-state index is 8.93. The highest BCUT2D eigenvalue weighted by Gasteiger charge is 2.13. The molecule has 0 aromatic heterocycles. The SMILES string of the molecule is N#CCCc1ccc(B(O)O)c(S)c1. The molecule has 1 aromatic rings. The van der Waals surface area contributed by atoms with Crippen LogP contribution >= 0.6 is 12.6 Å². The number of hydrogen-bond acceptors (Lipinski definition) is 4. The maximum absolute atomic E-state index is 8.93. The number of benzene rings is 1. The molecule has 1 rings (SSSR count). The molecule has 5 heteroatoms. The van der Waals surface area contributed by atoms with Crippen molar-refractivity contribution in [2.24, 2.45) is 0 Å². The summed E-state index contributed by atoms with van der Waals surface area (Å²) in [6.45, 7) is 0. The highest BCUT2D eigenvalue weighted by atomic mass is 32.1. The number of thiol groups is 1. The van der Waals surface area contributed by atoms with Gasteiger partial charge in [-0.2, -0.15) is 5.26 Å². The molecule has 0 saturated heterocycles. The molecule has 0 saturated carbocycles. The van der Waals surface area contributed by atoms with Gasteiger partial charge < -0.3 is 10.0 Å². The molecule has 0 amide bonds. The molecule has 0 spiro atoms. The van der Waals surface area contributed by atoms with Gasteiger partial charge in [-0.15, -0.1) is 12.6 Å². The molecule has 14 heavy (non-hydrogen) atoms. The van der Waals surface area contributed by atoms with Crippen molar-refractivity contribution in [2.75, 3.05) is 0 Å². The molecule has 72 valence electrons. The highest BCUT2D eigenvalue weighted by molar-refractivity contribution is 7.80. The zero-order chi connectivity index (χ0) is 10.6. The zero-order valence-corrected chi connectivity index (χ0v) is 8.41. The van der Waals surface area contributed by atoms with Crippen LogP contribution in [0.4, 0.5) is 0 Å². The Hall–Kier alpha value is -0.955. The summed E-state index contributed by atoms with van der Waals surface area (Å²) in [6.07, 6.45) is 1.11. The van der Waals surface area contributed by atoms with Gasteiger partial charge in [-0.05, 0) is 23.5 Å². The van der Waals surface area contributed by atoms with E-state index in [9.17, 15) is 0 Å². The number of nitrogens with zero attached hydrogens (tertiary/aromatic N) is 1. The fourth-order valence-corrected chi connectivity index (χ4v) is 1.52. The summed E-state index contributed by atoms with van der Waals surface area (Å²) in [5.41, 5.74) is 1.36. The van der Waals surface area contributed by atoms with E-state index in [1.807, 2.05) is 6.07 Å². The standard InChI is InChI=1S/C9H10BNO2S/c11-5-1-2-7-3-4-8(10(12)13)9(14)6-7/h3-4,6,12-14H,1-2H2. The third kappa shape index (κ3) is 2.77. The lowest BCUT2D eigenvalue weighted by Crippen LogP contribution is -2.31. The fourth-order valence-electron chi connectivity index (χ4n) is 1.16. The Labute approximate surface area is 88.6 Å². The van der Waals surface area contributed by atoms with Crippen LogP contribution in [0.5, 0.6) is 0 Å². The molecule has 2 N–H and O–H groups in total. The van der Waals surface area contributed by atoms with Gasteiger partial charge in [-0.3, -0.25) is 0 Å². The van der Waals surface area contributed by atoms with E-state index in [1.165, 1.54) is 0 Å². The third-order valence-corrected chi connectivity index (χ3v) is 2.29. The predicted molar refractivity (Wildman–Crippen MR) is 57.5 cm³/mol. The Bertz CT molecular complexity index is 362. The van der Waals surface area contributed by atoms with E-state index in [1.54, 1.807) is 18.2 Å². The third-order valence-electron chi connectivity index (χ3n) is 1.90. The lowest BCUT2D eigenvalue weighted by Gasteiger charge is -2.05. The van der Waals surface area contributed by atoms with Crippen molar-refractivity contribution in [1.29, 1.82) is 5.26 Å². The smallest absolute Gasteiger partial charge is 0.423 e. The van der Waals surface area contributed by atoms with Crippen LogP contribution in [0.3, 0.4) is 0 Å². The first-order chi connectivity index (χ1) is 6.65. The van der Waals surface area contributed by atoms with Crippen LogP contribution in [0, 0.1) is 11.3 Å². The quantitative estimate of drug-likeness (QED) is 0.487. The van der Waals surface area contributed by atoms with Crippen LogP contribution in [0.2, 0.25) is 0 Å². The summed E-state index contributed by atoms with van der Waals surface area (Å²) in [5, 5.41) is 26.2. The molecule has 1 aromatic carbocycles. The van der Waals surface area contributed by atoms with E-state index in [0.717, 1.165) is 5.56 Å². The minimum absolute atomic E-state index is 0.383. The zero-order valence-electron chi connectivity index (χ0n) is 7.51. The molecule has 3 nitrogen and oxygen atoms in total. The van der Waals surface area contributed by atoms with Crippen molar-refractivity contribution in [1.82, 2.24) is 0 Å². The Morgan fingerprint density at radius 2 is 2.14 bits per heavy atom. The fraction of sp³-hybridized carbons (Fsp3) is 0.222. The number of aryl methyl sites for hydroxylation is 1. The Morgan fingerprint density at radius 1 is 1.43 bits per heavy atom. The normalized spacial score (nSPS) is 9.57. The van der Waals surface area contributed by atoms with Gasteiger partial charge in [0.1, 0.15) is 0 Å². The van der Waals surface area contributed by atoms with Gasteiger partial charge in [-0.25, -0.2) is 0 Å². The van der Waals surface area contributed by atoms with Crippen molar-refractivity contribution < 1.29 is 10.0 Å². The largest absolute Gasteiger partial charge is 0.489 e. The van der Waals surface area contributed by atoms with Crippen LogP contribution in [-0.4, -0.2) is 17.2 Å². The van der Waals surface area contributed by atoms with Gasteiger partial charge in [0, 0.05) is 11.3 Å². The van der Waals surface area contributed by atoms with Gasteiger partial charge in [0.25, 0.3) is 0 Å². The Morgan fingerprint density at radius 3 is 2.64 bits per heavy atom. The molecule has 0 aliphatic heterocycles. The second-order valence-corrected chi connectivity index (χ2v) is 3.41. The average Bonchev–Trinajstić information content (AvgIpc) is 2.14. The van der Waals surface area contributed by atoms with Crippen LogP contribution in [-0.2, 0) is 6.42 Å². The maximum Gasteiger partial charge on any atom is 0.489 e. The molecule has 0 fully saturated rings. The monoisotopic (exact) mass is 207 g/mol. The van der Waals surface area contributed by atoms with Crippen LogP contribution in [0.1, 0.15) is 12.0 Å². The van der Waals surface area contributed by atoms with E-state index < -0.39 is 7.12 Å². The van der Waals surface area contributed by atoms with Crippen LogP contribution < -0.4 is 5.46 Å². The summed E-state index contributed by atoms with van der Waals surface area (Å²) in [4.78, 5) is 0.537. The number of rotatable bonds is 3. The van der Waals surface area contributed by atoms with Crippen molar-refractivity contribution in [2.45, 2.75) is 17.7 Å². The summed E-state index contributed by atoms with van der Waals surface area (Å²) < 4.78 is 0. The first kappa shape index (κ1) is 11.1. The first-order valence-corrected chi connectivity index (χ1v) is 4.64. The number of nitriles is 1. The minimum Gasteiger partial charge on any atom is -0.423 e. The molecule has 0 atom stereocenters. The number of hydrogen-bond donors (Lipinski definition) is 3. The summed E-state index contributed by atoms with van der Waals surface area (Å²) in [5.74, 6) is 0. The Balaban J connectivity index is 2.85. The van der Waals surface area contributed by atoms with Gasteiger partial charge >= 0.3 is 7.12 Å². The van der Waals surface area contributed by atoms with Gasteiger partial charge in [0.15, 0.2) is 0 Å². The molecule has 0 aliphatic carbocycles. The van der Waals surface area contributed by atoms with Crippen LogP contribution in [0.15, 0.2) is 23.1 Å². The average molecular weight is 207 g/mol. The van der Waals surface area contributed by atoms with Crippen molar-refractivity contribution >= 4 is 25.2 Å². The van der Waals surface area contributed by atoms with E-state index in [-0.39, 0.29) is 0 Å². The summed E-state index contributed by atoms with van der Waals surface area (Å²) in [7, 11) is -1.49. The second-order valence-electron chi connectivity index (χ2n) is 2.92. The molecule has 0 heterocycles. The molecule has 0 aliphatic rings. The van der Waals surface area contributed by atoms with Gasteiger partial charge in [0.05, 0.1) is 6.07 Å². The van der Waals surface area contributed by atoms with Crippen molar-refractivity contribution in [3.63, 3.8) is 0 Å². The van der Waals surface area contributed by atoms with Gasteiger partial charge in [0.2, 0.25) is 0 Å². The van der Waals surface area contributed by atoms with E-state index >= 15 is 0 Å².